The van der Waals surface area contributed by atoms with Crippen molar-refractivity contribution in [1.29, 1.82) is 0 Å². The number of aliphatic hydroxyl groups excluding tert-OH is 5. The number of carbonyl (C=O) groups is 2. The van der Waals surface area contributed by atoms with Crippen molar-refractivity contribution in [2.45, 2.75) is 262 Å². The molecule has 0 aromatic carbocycles. The second-order valence-corrected chi connectivity index (χ2v) is 19.0. The first-order chi connectivity index (χ1) is 34.2. The lowest BCUT2D eigenvalue weighted by molar-refractivity contribution is -0.305. The molecule has 0 aromatic rings. The van der Waals surface area contributed by atoms with E-state index < -0.39 is 67.4 Å². The second-order valence-electron chi connectivity index (χ2n) is 19.0. The number of ether oxygens (including phenoxy) is 3. The summed E-state index contributed by atoms with van der Waals surface area (Å²) in [4.78, 5) is 26.4. The summed E-state index contributed by atoms with van der Waals surface area (Å²) in [7, 11) is 0. The van der Waals surface area contributed by atoms with Crippen LogP contribution in [0.3, 0.4) is 0 Å². The van der Waals surface area contributed by atoms with E-state index in [2.05, 4.69) is 80.8 Å². The quantitative estimate of drug-likeness (QED) is 0.0149. The van der Waals surface area contributed by atoms with Crippen molar-refractivity contribution in [3.05, 3.63) is 85.1 Å². The number of rotatable bonds is 45. The minimum atomic E-state index is -1.62. The highest BCUT2D eigenvalue weighted by Gasteiger charge is 2.47. The Bertz CT molecular complexity index is 1460. The minimum Gasteiger partial charge on any atom is -0.454 e. The third kappa shape index (κ3) is 35.0. The first-order valence-corrected chi connectivity index (χ1v) is 27.9. The highest BCUT2D eigenvalue weighted by molar-refractivity contribution is 5.80. The van der Waals surface area contributed by atoms with Gasteiger partial charge in [0.15, 0.2) is 12.4 Å². The van der Waals surface area contributed by atoms with E-state index in [9.17, 15) is 35.1 Å². The molecule has 0 spiro atoms. The van der Waals surface area contributed by atoms with Crippen LogP contribution in [0.2, 0.25) is 0 Å². The van der Waals surface area contributed by atoms with Crippen molar-refractivity contribution in [3.63, 3.8) is 0 Å². The SMILES string of the molecule is CC/C=C/C=C/C=C/CCCCCCCCCC(=O)OC1C(OCC(NC(=O)C(O)CCCCCCCC/C=C/C=C/C=C/CC)C(O)/C=C/CCCCCCCCCCCC)OC(CO)C(O)C1O. The molecule has 1 amide bonds. The number of amides is 1. The largest absolute Gasteiger partial charge is 0.454 e. The van der Waals surface area contributed by atoms with Gasteiger partial charge in [-0.05, 0) is 64.2 Å². The van der Waals surface area contributed by atoms with Crippen LogP contribution in [0.5, 0.6) is 0 Å². The minimum absolute atomic E-state index is 0.105. The van der Waals surface area contributed by atoms with Crippen molar-refractivity contribution in [1.82, 2.24) is 5.32 Å². The molecule has 0 aliphatic carbocycles. The maximum absolute atomic E-state index is 13.4. The van der Waals surface area contributed by atoms with Gasteiger partial charge in [0.2, 0.25) is 5.91 Å². The van der Waals surface area contributed by atoms with Crippen LogP contribution in [-0.2, 0) is 23.8 Å². The number of hydrogen-bond donors (Lipinski definition) is 6. The van der Waals surface area contributed by atoms with Gasteiger partial charge in [-0.15, -0.1) is 0 Å². The van der Waals surface area contributed by atoms with Gasteiger partial charge in [0.1, 0.15) is 24.4 Å². The van der Waals surface area contributed by atoms with E-state index in [1.807, 2.05) is 24.3 Å². The van der Waals surface area contributed by atoms with E-state index in [4.69, 9.17) is 14.2 Å². The molecule has 1 aliphatic rings. The van der Waals surface area contributed by atoms with Crippen LogP contribution >= 0.6 is 0 Å². The zero-order valence-corrected chi connectivity index (χ0v) is 44.1. The standard InChI is InChI=1S/C59H101NO10/c1-4-7-10-13-16-19-22-25-27-29-32-35-38-41-44-47-54(64)70-57-56(66)55(65)53(48-61)69-59(57)68-49-50(51(62)45-42-39-36-33-30-24-21-18-15-12-9-6-3)60-58(67)52(63)46-43-40-37-34-31-28-26-23-20-17-14-11-8-5-2/h7-8,10-11,13-14,16-17,19-20,22-23,42,45,50-53,55-57,59,61-63,65-66H,4-6,9,12,15,18,21,24-41,43-44,46-49H2,1-3H3,(H,60,67)/b10-7+,11-8+,16-13+,17-14+,22-19+,23-20+,45-42+. The molecule has 1 heterocycles. The van der Waals surface area contributed by atoms with E-state index in [0.29, 0.717) is 12.8 Å². The smallest absolute Gasteiger partial charge is 0.306 e. The molecule has 70 heavy (non-hydrogen) atoms. The summed E-state index contributed by atoms with van der Waals surface area (Å²) in [5.74, 6) is -1.23. The number of allylic oxidation sites excluding steroid dienone is 13. The lowest BCUT2D eigenvalue weighted by atomic mass is 9.99. The molecule has 0 bridgehead atoms. The maximum Gasteiger partial charge on any atom is 0.306 e. The molecule has 11 heteroatoms. The molecule has 0 saturated carbocycles. The first-order valence-electron chi connectivity index (χ1n) is 27.9. The van der Waals surface area contributed by atoms with Crippen molar-refractivity contribution in [2.24, 2.45) is 0 Å². The van der Waals surface area contributed by atoms with E-state index >= 15 is 0 Å². The van der Waals surface area contributed by atoms with Crippen LogP contribution < -0.4 is 5.32 Å². The average Bonchev–Trinajstić information content (AvgIpc) is 3.36. The molecule has 402 valence electrons. The van der Waals surface area contributed by atoms with Crippen molar-refractivity contribution in [2.75, 3.05) is 13.2 Å². The fraction of sp³-hybridized carbons (Fsp3) is 0.729. The van der Waals surface area contributed by atoms with Crippen molar-refractivity contribution < 1.29 is 49.3 Å². The number of esters is 1. The summed E-state index contributed by atoms with van der Waals surface area (Å²) in [6.45, 7) is 5.48. The number of nitrogens with one attached hydrogen (secondary N) is 1. The molecule has 11 nitrogen and oxygen atoms in total. The maximum atomic E-state index is 13.4. The highest BCUT2D eigenvalue weighted by Crippen LogP contribution is 2.26. The van der Waals surface area contributed by atoms with Crippen LogP contribution in [0.4, 0.5) is 0 Å². The van der Waals surface area contributed by atoms with Crippen molar-refractivity contribution >= 4 is 11.9 Å². The Kier molecular flexibility index (Phi) is 43.4. The third-order valence-corrected chi connectivity index (χ3v) is 12.7. The molecule has 1 aliphatic heterocycles. The van der Waals surface area contributed by atoms with Gasteiger partial charge in [-0.3, -0.25) is 9.59 Å². The Labute approximate surface area is 425 Å². The Balaban J connectivity index is 2.76. The summed E-state index contributed by atoms with van der Waals surface area (Å²) in [6, 6.07) is -1.04. The second kappa shape index (κ2) is 46.9. The van der Waals surface area contributed by atoms with Crippen LogP contribution in [0.15, 0.2) is 85.1 Å². The van der Waals surface area contributed by atoms with Crippen molar-refractivity contribution in [3.8, 4) is 0 Å². The molecule has 0 radical (unpaired) electrons. The van der Waals surface area contributed by atoms with Gasteiger partial charge in [-0.1, -0.05) is 228 Å². The zero-order valence-electron chi connectivity index (χ0n) is 44.1. The van der Waals surface area contributed by atoms with Gasteiger partial charge in [-0.2, -0.15) is 0 Å². The van der Waals surface area contributed by atoms with Crippen LogP contribution in [0, 0.1) is 0 Å². The first kappa shape index (κ1) is 64.9. The van der Waals surface area contributed by atoms with E-state index in [1.54, 1.807) is 6.08 Å². The Hall–Kier alpha value is -3.16. The summed E-state index contributed by atoms with van der Waals surface area (Å²) in [6.07, 6.45) is 49.1. The predicted molar refractivity (Wildman–Crippen MR) is 287 cm³/mol. The lowest BCUT2D eigenvalue weighted by Crippen LogP contribution is -2.61. The highest BCUT2D eigenvalue weighted by atomic mass is 16.7. The van der Waals surface area contributed by atoms with E-state index in [1.165, 1.54) is 51.4 Å². The Morgan fingerprint density at radius 3 is 1.53 bits per heavy atom. The lowest BCUT2D eigenvalue weighted by Gasteiger charge is -2.41. The topological polar surface area (TPSA) is 175 Å². The number of aliphatic hydroxyl groups is 5. The van der Waals surface area contributed by atoms with E-state index in [-0.39, 0.29) is 19.4 Å². The molecule has 1 rings (SSSR count). The third-order valence-electron chi connectivity index (χ3n) is 12.7. The number of carbonyl (C=O) groups excluding carboxylic acids is 2. The number of hydrogen-bond acceptors (Lipinski definition) is 10. The van der Waals surface area contributed by atoms with Gasteiger partial charge in [0.25, 0.3) is 0 Å². The molecular weight excluding hydrogens is 883 g/mol. The average molecular weight is 984 g/mol. The van der Waals surface area contributed by atoms with Crippen LogP contribution in [-0.4, -0.2) is 99.6 Å². The van der Waals surface area contributed by atoms with Gasteiger partial charge in [0.05, 0.1) is 25.4 Å². The fourth-order valence-corrected chi connectivity index (χ4v) is 8.24. The molecule has 0 aromatic heterocycles. The summed E-state index contributed by atoms with van der Waals surface area (Å²) >= 11 is 0. The summed E-state index contributed by atoms with van der Waals surface area (Å²) < 4.78 is 17.5. The van der Waals surface area contributed by atoms with Gasteiger partial charge in [-0.25, -0.2) is 0 Å². The molecule has 6 N–H and O–H groups in total. The molecule has 8 atom stereocenters. The Morgan fingerprint density at radius 1 is 0.571 bits per heavy atom. The number of unbranched alkanes of at least 4 members (excludes halogenated alkanes) is 23. The normalized spacial score (nSPS) is 20.4. The van der Waals surface area contributed by atoms with Crippen LogP contribution in [0.25, 0.3) is 0 Å². The molecule has 1 saturated heterocycles. The summed E-state index contributed by atoms with van der Waals surface area (Å²) in [5, 5.41) is 56.7. The zero-order chi connectivity index (χ0) is 51.1. The van der Waals surface area contributed by atoms with Gasteiger partial charge < -0.3 is 45.1 Å². The van der Waals surface area contributed by atoms with Gasteiger partial charge in [0, 0.05) is 6.42 Å². The van der Waals surface area contributed by atoms with Gasteiger partial charge >= 0.3 is 5.97 Å². The van der Waals surface area contributed by atoms with E-state index in [0.717, 1.165) is 116 Å². The Morgan fingerprint density at radius 2 is 1.03 bits per heavy atom. The fourth-order valence-electron chi connectivity index (χ4n) is 8.24. The predicted octanol–water partition coefficient (Wildman–Crippen LogP) is 12.2. The molecular formula is C59H101NO10. The molecule has 1 fully saturated rings. The summed E-state index contributed by atoms with van der Waals surface area (Å²) in [5.41, 5.74) is 0. The van der Waals surface area contributed by atoms with Crippen LogP contribution in [0.1, 0.15) is 213 Å². The molecule has 8 unspecified atom stereocenters. The monoisotopic (exact) mass is 984 g/mol.